The van der Waals surface area contributed by atoms with E-state index in [0.29, 0.717) is 21.5 Å². The number of aryl methyl sites for hydroxylation is 1. The third-order valence-electron chi connectivity index (χ3n) is 2.62. The molecule has 0 unspecified atom stereocenters. The van der Waals surface area contributed by atoms with Gasteiger partial charge in [0.25, 0.3) is 10.0 Å². The largest absolute Gasteiger partial charge is 0.385 e. The molecular weight excluding hydrogens is 382 g/mol. The first kappa shape index (κ1) is 15.7. The molecule has 0 aliphatic carbocycles. The van der Waals surface area contributed by atoms with Gasteiger partial charge in [-0.05, 0) is 24.6 Å². The Morgan fingerprint density at radius 1 is 1.38 bits per heavy atom. The first-order chi connectivity index (χ1) is 9.70. The highest BCUT2D eigenvalue weighted by Gasteiger charge is 2.25. The first-order valence-electron chi connectivity index (χ1n) is 5.53. The highest BCUT2D eigenvalue weighted by molar-refractivity contribution is 9.10. The summed E-state index contributed by atoms with van der Waals surface area (Å²) in [4.78, 5) is 10.0. The molecule has 0 bridgehead atoms. The van der Waals surface area contributed by atoms with E-state index in [1.165, 1.54) is 0 Å². The predicted molar refractivity (Wildman–Crippen MR) is 85.1 cm³/mol. The molecule has 0 fully saturated rings. The van der Waals surface area contributed by atoms with Gasteiger partial charge in [0, 0.05) is 10.5 Å². The van der Waals surface area contributed by atoms with E-state index in [4.69, 9.17) is 5.73 Å². The van der Waals surface area contributed by atoms with E-state index in [2.05, 4.69) is 20.7 Å². The number of benzene rings is 1. The van der Waals surface area contributed by atoms with Gasteiger partial charge in [0.05, 0.1) is 10.6 Å². The smallest absolute Gasteiger partial charge is 0.304 e. The second-order valence-electron chi connectivity index (χ2n) is 4.14. The molecule has 0 spiro atoms. The lowest BCUT2D eigenvalue weighted by molar-refractivity contribution is -0.383. The molecule has 2 rings (SSSR count). The van der Waals surface area contributed by atoms with E-state index in [-0.39, 0.29) is 9.21 Å². The molecule has 0 saturated carbocycles. The molecule has 2 aromatic rings. The summed E-state index contributed by atoms with van der Waals surface area (Å²) < 4.78 is 27.4. The number of anilines is 2. The minimum atomic E-state index is -3.92. The molecule has 112 valence electrons. The van der Waals surface area contributed by atoms with Gasteiger partial charge in [0.2, 0.25) is 0 Å². The van der Waals surface area contributed by atoms with Crippen LogP contribution in [0.1, 0.15) is 5.56 Å². The van der Waals surface area contributed by atoms with Crippen molar-refractivity contribution in [2.75, 3.05) is 10.5 Å². The topological polar surface area (TPSA) is 115 Å². The van der Waals surface area contributed by atoms with Crippen molar-refractivity contribution in [1.29, 1.82) is 0 Å². The second-order valence-corrected chi connectivity index (χ2v) is 8.05. The third-order valence-corrected chi connectivity index (χ3v) is 5.91. The van der Waals surface area contributed by atoms with Crippen molar-refractivity contribution in [1.82, 2.24) is 0 Å². The van der Waals surface area contributed by atoms with Crippen LogP contribution in [0.4, 0.5) is 16.4 Å². The van der Waals surface area contributed by atoms with Gasteiger partial charge in [-0.1, -0.05) is 33.3 Å². The second kappa shape index (κ2) is 5.62. The van der Waals surface area contributed by atoms with E-state index in [1.807, 2.05) is 0 Å². The Morgan fingerprint density at radius 3 is 2.62 bits per heavy atom. The highest BCUT2D eigenvalue weighted by atomic mass is 79.9. The zero-order chi connectivity index (χ0) is 15.8. The van der Waals surface area contributed by atoms with Crippen molar-refractivity contribution in [3.63, 3.8) is 0 Å². The maximum atomic E-state index is 12.3. The third kappa shape index (κ3) is 3.34. The van der Waals surface area contributed by atoms with E-state index in [0.717, 1.165) is 11.6 Å². The zero-order valence-electron chi connectivity index (χ0n) is 10.7. The summed E-state index contributed by atoms with van der Waals surface area (Å²) in [5.41, 5.74) is 6.16. The Morgan fingerprint density at radius 2 is 2.05 bits per heavy atom. The Kier molecular flexibility index (Phi) is 4.21. The van der Waals surface area contributed by atoms with Crippen LogP contribution in [0.25, 0.3) is 0 Å². The summed E-state index contributed by atoms with van der Waals surface area (Å²) >= 11 is 3.91. The van der Waals surface area contributed by atoms with Gasteiger partial charge in [-0.3, -0.25) is 14.8 Å². The maximum Gasteiger partial charge on any atom is 0.304 e. The minimum Gasteiger partial charge on any atom is -0.385 e. The normalized spacial score (nSPS) is 11.3. The number of sulfonamides is 1. The highest BCUT2D eigenvalue weighted by Crippen LogP contribution is 2.35. The number of nitrogens with zero attached hydrogens (tertiary/aromatic N) is 1. The van der Waals surface area contributed by atoms with Crippen molar-refractivity contribution >= 4 is 53.7 Å². The number of thiophene rings is 1. The summed E-state index contributed by atoms with van der Waals surface area (Å²) in [7, 11) is -3.92. The fourth-order valence-corrected chi connectivity index (χ4v) is 4.24. The SMILES string of the molecule is Cc1ccc(Br)cc1NS(=O)(=O)c1cc([N+](=O)[O-])c(N)s1. The van der Waals surface area contributed by atoms with E-state index in [1.54, 1.807) is 25.1 Å². The minimum absolute atomic E-state index is 0.147. The number of hydrogen-bond donors (Lipinski definition) is 2. The molecule has 0 atom stereocenters. The van der Waals surface area contributed by atoms with E-state index < -0.39 is 20.6 Å². The number of hydrogen-bond acceptors (Lipinski definition) is 6. The molecule has 0 aliphatic rings. The van der Waals surface area contributed by atoms with Gasteiger partial charge in [0.1, 0.15) is 4.21 Å². The van der Waals surface area contributed by atoms with Gasteiger partial charge >= 0.3 is 5.69 Å². The molecule has 7 nitrogen and oxygen atoms in total. The van der Waals surface area contributed by atoms with Crippen LogP contribution in [0.5, 0.6) is 0 Å². The maximum absolute atomic E-state index is 12.3. The Balaban J connectivity index is 2.41. The van der Waals surface area contributed by atoms with Crippen molar-refractivity contribution in [3.8, 4) is 0 Å². The lowest BCUT2D eigenvalue weighted by Crippen LogP contribution is -2.12. The number of halogens is 1. The number of rotatable bonds is 4. The molecule has 1 aromatic heterocycles. The van der Waals surface area contributed by atoms with Crippen LogP contribution < -0.4 is 10.5 Å². The zero-order valence-corrected chi connectivity index (χ0v) is 13.9. The molecule has 3 N–H and O–H groups in total. The summed E-state index contributed by atoms with van der Waals surface area (Å²) in [6.45, 7) is 1.75. The fraction of sp³-hybridized carbons (Fsp3) is 0.0909. The molecule has 1 heterocycles. The van der Waals surface area contributed by atoms with Crippen LogP contribution in [0.3, 0.4) is 0 Å². The van der Waals surface area contributed by atoms with Crippen LogP contribution in [0.2, 0.25) is 0 Å². The monoisotopic (exact) mass is 391 g/mol. The molecule has 0 saturated heterocycles. The lowest BCUT2D eigenvalue weighted by Gasteiger charge is -2.09. The van der Waals surface area contributed by atoms with Crippen molar-refractivity contribution in [2.24, 2.45) is 0 Å². The van der Waals surface area contributed by atoms with Gasteiger partial charge in [-0.25, -0.2) is 8.42 Å². The molecule has 0 radical (unpaired) electrons. The van der Waals surface area contributed by atoms with E-state index in [9.17, 15) is 18.5 Å². The Hall–Kier alpha value is -1.65. The standard InChI is InChI=1S/C11H10BrN3O4S2/c1-6-2-3-7(12)4-8(6)14-21(18,19)10-5-9(15(16)17)11(13)20-10/h2-5,14H,13H2,1H3. The fourth-order valence-electron chi connectivity index (χ4n) is 1.55. The molecule has 1 aromatic carbocycles. The van der Waals surface area contributed by atoms with Gasteiger partial charge < -0.3 is 5.73 Å². The van der Waals surface area contributed by atoms with Crippen LogP contribution in [-0.4, -0.2) is 13.3 Å². The van der Waals surface area contributed by atoms with Gasteiger partial charge in [-0.15, -0.1) is 0 Å². The molecule has 21 heavy (non-hydrogen) atoms. The van der Waals surface area contributed by atoms with Crippen molar-refractivity contribution in [2.45, 2.75) is 11.1 Å². The number of nitrogens with one attached hydrogen (secondary N) is 1. The quantitative estimate of drug-likeness (QED) is 0.613. The number of nitrogens with two attached hydrogens (primary N) is 1. The summed E-state index contributed by atoms with van der Waals surface area (Å²) in [5.74, 6) is 0. The lowest BCUT2D eigenvalue weighted by atomic mass is 10.2. The van der Waals surface area contributed by atoms with E-state index >= 15 is 0 Å². The molecule has 0 aliphatic heterocycles. The average Bonchev–Trinajstić information content (AvgIpc) is 2.77. The van der Waals surface area contributed by atoms with Crippen molar-refractivity contribution < 1.29 is 13.3 Å². The summed E-state index contributed by atoms with van der Waals surface area (Å²) in [5, 5.41) is 10.6. The average molecular weight is 392 g/mol. The number of nitrogen functional groups attached to an aromatic ring is 1. The van der Waals surface area contributed by atoms with Gasteiger partial charge in [0.15, 0.2) is 5.00 Å². The summed E-state index contributed by atoms with van der Waals surface area (Å²) in [6, 6.07) is 6.09. The summed E-state index contributed by atoms with van der Waals surface area (Å²) in [6.07, 6.45) is 0. The molecule has 0 amide bonds. The van der Waals surface area contributed by atoms with Crippen LogP contribution >= 0.6 is 27.3 Å². The number of nitro groups is 1. The van der Waals surface area contributed by atoms with Crippen LogP contribution in [-0.2, 0) is 10.0 Å². The Labute approximate surface area is 133 Å². The first-order valence-corrected chi connectivity index (χ1v) is 8.62. The van der Waals surface area contributed by atoms with Crippen LogP contribution in [0, 0.1) is 17.0 Å². The molecular formula is C11H10BrN3O4S2. The van der Waals surface area contributed by atoms with Gasteiger partial charge in [-0.2, -0.15) is 0 Å². The predicted octanol–water partition coefficient (Wildman–Crippen LogP) is 3.11. The molecule has 10 heteroatoms. The van der Waals surface area contributed by atoms with Crippen LogP contribution in [0.15, 0.2) is 32.9 Å². The van der Waals surface area contributed by atoms with Crippen molar-refractivity contribution in [3.05, 3.63) is 44.4 Å². The Bertz CT molecular complexity index is 817.